The lowest BCUT2D eigenvalue weighted by Crippen LogP contribution is -2.31. The van der Waals surface area contributed by atoms with E-state index in [1.165, 1.54) is 25.4 Å². The van der Waals surface area contributed by atoms with Gasteiger partial charge in [0.1, 0.15) is 5.57 Å². The van der Waals surface area contributed by atoms with Crippen molar-refractivity contribution < 1.29 is 23.9 Å². The van der Waals surface area contributed by atoms with Crippen molar-refractivity contribution in [3.8, 4) is 0 Å². The fraction of sp³-hybridized carbons (Fsp3) is 0.450. The molecule has 1 amide bonds. The average molecular weight is 428 g/mol. The maximum Gasteiger partial charge on any atom is 0.414 e. The summed E-state index contributed by atoms with van der Waals surface area (Å²) in [6, 6.07) is 2.88. The number of hydrogen-bond acceptors (Lipinski definition) is 5. The van der Waals surface area contributed by atoms with Crippen LogP contribution in [0.5, 0.6) is 0 Å². The van der Waals surface area contributed by atoms with E-state index in [-0.39, 0.29) is 44.7 Å². The summed E-state index contributed by atoms with van der Waals surface area (Å²) < 4.78 is 10.4. The van der Waals surface area contributed by atoms with Crippen molar-refractivity contribution in [2.24, 2.45) is 5.92 Å². The normalized spacial score (nSPS) is 14.0. The van der Waals surface area contributed by atoms with Gasteiger partial charge in [0.15, 0.2) is 5.78 Å². The minimum Gasteiger partial charge on any atom is -0.501 e. The molecule has 0 N–H and O–H groups in total. The first-order valence-electron chi connectivity index (χ1n) is 9.02. The molecular formula is C20H23Cl2NO5. The Hall–Kier alpha value is -2.05. The molecule has 1 aromatic carbocycles. The van der Waals surface area contributed by atoms with Crippen molar-refractivity contribution in [3.05, 3.63) is 39.6 Å². The highest BCUT2D eigenvalue weighted by molar-refractivity contribution is 6.45. The van der Waals surface area contributed by atoms with Gasteiger partial charge in [-0.3, -0.25) is 14.5 Å². The third-order valence-electron chi connectivity index (χ3n) is 4.09. The molecule has 1 aliphatic rings. The summed E-state index contributed by atoms with van der Waals surface area (Å²) in [6.45, 7) is 5.47. The van der Waals surface area contributed by atoms with Gasteiger partial charge in [-0.15, -0.1) is 0 Å². The van der Waals surface area contributed by atoms with E-state index in [2.05, 4.69) is 0 Å². The Bertz CT molecular complexity index is 815. The lowest BCUT2D eigenvalue weighted by Gasteiger charge is -2.23. The largest absolute Gasteiger partial charge is 0.501 e. The first-order chi connectivity index (χ1) is 13.2. The van der Waals surface area contributed by atoms with Gasteiger partial charge in [0.2, 0.25) is 5.78 Å². The minimum atomic E-state index is -0.697. The second kappa shape index (κ2) is 9.43. The second-order valence-corrected chi connectivity index (χ2v) is 7.49. The predicted octanol–water partition coefficient (Wildman–Crippen LogP) is 5.06. The molecule has 0 unspecified atom stereocenters. The number of Topliss-reactive ketones (excluding diaryl/α,β-unsaturated/α-hetero) is 2. The van der Waals surface area contributed by atoms with E-state index >= 15 is 0 Å². The van der Waals surface area contributed by atoms with Gasteiger partial charge in [-0.25, -0.2) is 4.79 Å². The zero-order valence-corrected chi connectivity index (χ0v) is 17.8. The monoisotopic (exact) mass is 427 g/mol. The van der Waals surface area contributed by atoms with Gasteiger partial charge in [-0.05, 0) is 45.7 Å². The molecule has 0 saturated heterocycles. The van der Waals surface area contributed by atoms with Crippen LogP contribution in [0.15, 0.2) is 24.0 Å². The number of ketones is 2. The zero-order chi connectivity index (χ0) is 21.0. The van der Waals surface area contributed by atoms with Crippen molar-refractivity contribution >= 4 is 46.5 Å². The van der Waals surface area contributed by atoms with Gasteiger partial charge >= 0.3 is 6.09 Å². The quantitative estimate of drug-likeness (QED) is 0.190. The van der Waals surface area contributed by atoms with Gasteiger partial charge in [-0.2, -0.15) is 0 Å². The van der Waals surface area contributed by atoms with Crippen molar-refractivity contribution in [2.45, 2.75) is 39.7 Å². The molecule has 0 bridgehead atoms. The number of rotatable bonds is 8. The fourth-order valence-corrected chi connectivity index (χ4v) is 2.97. The third kappa shape index (κ3) is 5.06. The molecule has 1 fully saturated rings. The Morgan fingerprint density at radius 2 is 1.89 bits per heavy atom. The molecule has 28 heavy (non-hydrogen) atoms. The zero-order valence-electron chi connectivity index (χ0n) is 16.3. The molecule has 8 heteroatoms. The highest BCUT2D eigenvalue weighted by atomic mass is 35.5. The first-order valence-corrected chi connectivity index (χ1v) is 9.77. The lowest BCUT2D eigenvalue weighted by atomic mass is 9.97. The molecule has 1 aliphatic carbocycles. The highest BCUT2D eigenvalue weighted by Gasteiger charge is 2.36. The molecule has 0 aliphatic heterocycles. The van der Waals surface area contributed by atoms with Crippen LogP contribution < -0.4 is 4.90 Å². The SMILES string of the molecule is CCOC=C(C(=O)c1ccc(Cl)c(Cl)c1N(C)C(=O)OC(C)C)C(=O)C1CC1. The molecule has 0 aromatic heterocycles. The molecule has 0 spiro atoms. The summed E-state index contributed by atoms with van der Waals surface area (Å²) in [5, 5.41) is 0.187. The van der Waals surface area contributed by atoms with Crippen molar-refractivity contribution in [1.29, 1.82) is 0 Å². The predicted molar refractivity (Wildman–Crippen MR) is 108 cm³/mol. The molecule has 6 nitrogen and oxygen atoms in total. The summed E-state index contributed by atoms with van der Waals surface area (Å²) in [5.41, 5.74) is 0.0722. The maximum absolute atomic E-state index is 13.2. The number of hydrogen-bond donors (Lipinski definition) is 0. The van der Waals surface area contributed by atoms with Crippen LogP contribution in [0.2, 0.25) is 10.0 Å². The Morgan fingerprint density at radius 1 is 1.25 bits per heavy atom. The Labute approximate surface area is 174 Å². The molecule has 0 atom stereocenters. The van der Waals surface area contributed by atoms with Crippen LogP contribution in [-0.2, 0) is 14.3 Å². The number of amides is 1. The van der Waals surface area contributed by atoms with Crippen molar-refractivity contribution in [2.75, 3.05) is 18.6 Å². The van der Waals surface area contributed by atoms with Crippen LogP contribution in [0.3, 0.4) is 0 Å². The molecular weight excluding hydrogens is 405 g/mol. The van der Waals surface area contributed by atoms with Crippen LogP contribution in [0.4, 0.5) is 10.5 Å². The molecule has 152 valence electrons. The molecule has 1 saturated carbocycles. The summed E-state index contributed by atoms with van der Waals surface area (Å²) in [4.78, 5) is 39.3. The first kappa shape index (κ1) is 22.2. The second-order valence-electron chi connectivity index (χ2n) is 6.70. The maximum atomic E-state index is 13.2. The number of halogens is 2. The summed E-state index contributed by atoms with van der Waals surface area (Å²) in [6.07, 6.45) is 1.60. The molecule has 2 rings (SSSR count). The third-order valence-corrected chi connectivity index (χ3v) is 4.88. The Morgan fingerprint density at radius 3 is 2.43 bits per heavy atom. The lowest BCUT2D eigenvalue weighted by molar-refractivity contribution is -0.116. The average Bonchev–Trinajstić information content (AvgIpc) is 3.47. The van der Waals surface area contributed by atoms with E-state index in [0.717, 1.165) is 17.7 Å². The van der Waals surface area contributed by atoms with Gasteiger partial charge in [0, 0.05) is 18.5 Å². The van der Waals surface area contributed by atoms with Crippen molar-refractivity contribution in [1.82, 2.24) is 0 Å². The summed E-state index contributed by atoms with van der Waals surface area (Å²) >= 11 is 12.4. The van der Waals surface area contributed by atoms with Crippen LogP contribution in [0, 0.1) is 5.92 Å². The van der Waals surface area contributed by atoms with Crippen molar-refractivity contribution in [3.63, 3.8) is 0 Å². The van der Waals surface area contributed by atoms with Crippen LogP contribution in [0.1, 0.15) is 44.0 Å². The number of carbonyl (C=O) groups is 3. The van der Waals surface area contributed by atoms with Crippen LogP contribution >= 0.6 is 23.2 Å². The van der Waals surface area contributed by atoms with E-state index in [1.807, 2.05) is 0 Å². The smallest absolute Gasteiger partial charge is 0.414 e. The van der Waals surface area contributed by atoms with Gasteiger partial charge in [0.05, 0.1) is 34.7 Å². The summed E-state index contributed by atoms with van der Waals surface area (Å²) in [7, 11) is 1.42. The van der Waals surface area contributed by atoms with E-state index in [0.29, 0.717) is 6.61 Å². The van der Waals surface area contributed by atoms with E-state index in [1.54, 1.807) is 20.8 Å². The van der Waals surface area contributed by atoms with Gasteiger partial charge in [0.25, 0.3) is 0 Å². The van der Waals surface area contributed by atoms with Gasteiger partial charge in [-0.1, -0.05) is 23.2 Å². The Kier molecular flexibility index (Phi) is 7.49. The summed E-state index contributed by atoms with van der Waals surface area (Å²) in [5.74, 6) is -1.03. The Balaban J connectivity index is 2.51. The van der Waals surface area contributed by atoms with E-state index in [4.69, 9.17) is 32.7 Å². The number of ether oxygens (including phenoxy) is 2. The van der Waals surface area contributed by atoms with Crippen LogP contribution in [0.25, 0.3) is 0 Å². The van der Waals surface area contributed by atoms with Crippen LogP contribution in [-0.4, -0.2) is 37.4 Å². The number of carbonyl (C=O) groups excluding carboxylic acids is 3. The molecule has 0 heterocycles. The highest BCUT2D eigenvalue weighted by Crippen LogP contribution is 2.38. The number of nitrogens with zero attached hydrogens (tertiary/aromatic N) is 1. The number of anilines is 1. The topological polar surface area (TPSA) is 72.9 Å². The standard InChI is InChI=1S/C20H23Cl2NO5/c1-5-27-10-14(18(24)12-6-7-12)19(25)13-8-9-15(21)16(22)17(13)23(4)20(26)28-11(2)3/h8-12H,5-7H2,1-4H3. The van der Waals surface area contributed by atoms with E-state index < -0.39 is 11.9 Å². The van der Waals surface area contributed by atoms with Gasteiger partial charge < -0.3 is 9.47 Å². The minimum absolute atomic E-state index is 0.0188. The van der Waals surface area contributed by atoms with E-state index in [9.17, 15) is 14.4 Å². The molecule has 1 aromatic rings. The number of benzene rings is 1. The number of allylic oxidation sites excluding steroid dienone is 1. The molecule has 0 radical (unpaired) electrons. The fourth-order valence-electron chi connectivity index (χ4n) is 2.52.